The number of hydrogen-bond donors (Lipinski definition) is 2. The summed E-state index contributed by atoms with van der Waals surface area (Å²) in [7, 11) is 0. The van der Waals surface area contributed by atoms with Gasteiger partial charge in [0.05, 0.1) is 29.1 Å². The molecule has 3 aromatic rings. The van der Waals surface area contributed by atoms with E-state index in [2.05, 4.69) is 38.9 Å². The van der Waals surface area contributed by atoms with Gasteiger partial charge < -0.3 is 20.1 Å². The lowest BCUT2D eigenvalue weighted by molar-refractivity contribution is 0.0446. The number of nitrogens with two attached hydrogens (primary N) is 1. The van der Waals surface area contributed by atoms with E-state index >= 15 is 0 Å². The second kappa shape index (κ2) is 7.27. The third-order valence-electron chi connectivity index (χ3n) is 6.35. The quantitative estimate of drug-likeness (QED) is 0.672. The SMILES string of the molecule is Nc1ncc(Cl)c(-c2cn(CC3CCOC3)c3ccc(C4(O)CCCC4)cc23)n1. The topological polar surface area (TPSA) is 86.2 Å². The lowest BCUT2D eigenvalue weighted by Gasteiger charge is -2.23. The second-order valence-electron chi connectivity index (χ2n) is 8.32. The van der Waals surface area contributed by atoms with Crippen LogP contribution in [0.1, 0.15) is 37.7 Å². The average molecular weight is 413 g/mol. The summed E-state index contributed by atoms with van der Waals surface area (Å²) in [5.41, 5.74) is 8.71. The van der Waals surface area contributed by atoms with Crippen LogP contribution in [0.5, 0.6) is 0 Å². The molecule has 5 rings (SSSR count). The van der Waals surface area contributed by atoms with Gasteiger partial charge in [-0.1, -0.05) is 30.5 Å². The maximum absolute atomic E-state index is 11.1. The lowest BCUT2D eigenvalue weighted by atomic mass is 9.91. The number of halogens is 1. The van der Waals surface area contributed by atoms with E-state index in [0.717, 1.165) is 73.9 Å². The molecular weight excluding hydrogens is 388 g/mol. The molecule has 1 aliphatic heterocycles. The van der Waals surface area contributed by atoms with Crippen molar-refractivity contribution >= 4 is 28.5 Å². The van der Waals surface area contributed by atoms with Gasteiger partial charge in [-0.15, -0.1) is 0 Å². The van der Waals surface area contributed by atoms with Gasteiger partial charge in [-0.3, -0.25) is 0 Å². The molecule has 1 saturated heterocycles. The van der Waals surface area contributed by atoms with Crippen molar-refractivity contribution in [3.8, 4) is 11.3 Å². The Bertz CT molecular complexity index is 1050. The van der Waals surface area contributed by atoms with Gasteiger partial charge >= 0.3 is 0 Å². The minimum Gasteiger partial charge on any atom is -0.385 e. The van der Waals surface area contributed by atoms with Crippen LogP contribution in [0.25, 0.3) is 22.2 Å². The molecule has 0 bridgehead atoms. The molecule has 1 atom stereocenters. The highest BCUT2D eigenvalue weighted by atomic mass is 35.5. The van der Waals surface area contributed by atoms with E-state index in [9.17, 15) is 5.11 Å². The van der Waals surface area contributed by atoms with Crippen LogP contribution in [0.4, 0.5) is 5.95 Å². The summed E-state index contributed by atoms with van der Waals surface area (Å²) < 4.78 is 7.81. The normalized spacial score (nSPS) is 21.2. The molecule has 7 heteroatoms. The third-order valence-corrected chi connectivity index (χ3v) is 6.62. The highest BCUT2D eigenvalue weighted by molar-refractivity contribution is 6.33. The van der Waals surface area contributed by atoms with Crippen molar-refractivity contribution in [2.45, 2.75) is 44.2 Å². The predicted octanol–water partition coefficient (Wildman–Crippen LogP) is 4.13. The van der Waals surface area contributed by atoms with Crippen molar-refractivity contribution in [2.75, 3.05) is 18.9 Å². The van der Waals surface area contributed by atoms with Gasteiger partial charge in [0.25, 0.3) is 0 Å². The molecule has 0 radical (unpaired) electrons. The largest absolute Gasteiger partial charge is 0.385 e. The summed E-state index contributed by atoms with van der Waals surface area (Å²) in [6, 6.07) is 6.28. The molecule has 29 heavy (non-hydrogen) atoms. The molecule has 6 nitrogen and oxygen atoms in total. The fourth-order valence-electron chi connectivity index (χ4n) is 4.75. The summed E-state index contributed by atoms with van der Waals surface area (Å²) in [6.07, 6.45) is 8.41. The van der Waals surface area contributed by atoms with E-state index in [0.29, 0.717) is 16.6 Å². The minimum absolute atomic E-state index is 0.195. The Morgan fingerprint density at radius 3 is 2.90 bits per heavy atom. The molecule has 1 aliphatic carbocycles. The fraction of sp³-hybridized carbons (Fsp3) is 0.455. The van der Waals surface area contributed by atoms with E-state index < -0.39 is 5.60 Å². The highest BCUT2D eigenvalue weighted by Gasteiger charge is 2.33. The van der Waals surface area contributed by atoms with Crippen LogP contribution in [0.2, 0.25) is 5.02 Å². The minimum atomic E-state index is -0.749. The van der Waals surface area contributed by atoms with Gasteiger partial charge in [-0.25, -0.2) is 9.97 Å². The van der Waals surface area contributed by atoms with E-state index in [1.165, 1.54) is 0 Å². The van der Waals surface area contributed by atoms with Gasteiger partial charge in [-0.2, -0.15) is 0 Å². The molecule has 1 unspecified atom stereocenters. The molecule has 0 amide bonds. The first-order valence-electron chi connectivity index (χ1n) is 10.3. The zero-order valence-electron chi connectivity index (χ0n) is 16.3. The number of fused-ring (bicyclic) bond motifs is 1. The van der Waals surface area contributed by atoms with Crippen molar-refractivity contribution in [1.29, 1.82) is 0 Å². The molecule has 152 valence electrons. The second-order valence-corrected chi connectivity index (χ2v) is 8.73. The summed E-state index contributed by atoms with van der Waals surface area (Å²) in [5.74, 6) is 0.683. The molecule has 3 heterocycles. The number of aromatic nitrogens is 3. The number of benzene rings is 1. The zero-order chi connectivity index (χ0) is 20.0. The van der Waals surface area contributed by atoms with Crippen LogP contribution >= 0.6 is 11.6 Å². The smallest absolute Gasteiger partial charge is 0.220 e. The molecule has 1 saturated carbocycles. The lowest BCUT2D eigenvalue weighted by Crippen LogP contribution is -2.20. The van der Waals surface area contributed by atoms with Crippen LogP contribution in [0, 0.1) is 5.92 Å². The first-order valence-corrected chi connectivity index (χ1v) is 10.6. The van der Waals surface area contributed by atoms with E-state index in [4.69, 9.17) is 22.1 Å². The Balaban J connectivity index is 1.67. The van der Waals surface area contributed by atoms with E-state index in [1.54, 1.807) is 6.20 Å². The highest BCUT2D eigenvalue weighted by Crippen LogP contribution is 2.42. The average Bonchev–Trinajstić information content (AvgIpc) is 3.45. The van der Waals surface area contributed by atoms with Crippen LogP contribution in [0.3, 0.4) is 0 Å². The molecule has 3 N–H and O–H groups in total. The fourth-order valence-corrected chi connectivity index (χ4v) is 4.94. The Kier molecular flexibility index (Phi) is 4.73. The molecule has 2 aliphatic rings. The Labute approximate surface area is 174 Å². The molecular formula is C22H25ClN4O2. The predicted molar refractivity (Wildman–Crippen MR) is 114 cm³/mol. The Hall–Kier alpha value is -2.15. The molecule has 2 aromatic heterocycles. The van der Waals surface area contributed by atoms with Crippen molar-refractivity contribution in [1.82, 2.24) is 14.5 Å². The number of nitrogens with zero attached hydrogens (tertiary/aromatic N) is 3. The number of rotatable bonds is 4. The number of ether oxygens (including phenoxy) is 1. The van der Waals surface area contributed by atoms with E-state index in [1.807, 2.05) is 0 Å². The number of anilines is 1. The maximum atomic E-state index is 11.1. The van der Waals surface area contributed by atoms with Crippen molar-refractivity contribution in [3.05, 3.63) is 41.2 Å². The number of hydrogen-bond acceptors (Lipinski definition) is 5. The molecule has 0 spiro atoms. The van der Waals surface area contributed by atoms with E-state index in [-0.39, 0.29) is 5.95 Å². The molecule has 1 aromatic carbocycles. The van der Waals surface area contributed by atoms with Crippen LogP contribution in [-0.2, 0) is 16.9 Å². The summed E-state index contributed by atoms with van der Waals surface area (Å²) >= 11 is 6.45. The standard InChI is InChI=1S/C22H25ClN4O2/c23-18-10-25-21(24)26-20(18)17-12-27(11-14-5-8-29-13-14)19-4-3-15(9-16(17)19)22(28)6-1-2-7-22/h3-4,9-10,12,14,28H,1-2,5-8,11,13H2,(H2,24,25,26). The van der Waals surface area contributed by atoms with Gasteiger partial charge in [0.2, 0.25) is 5.95 Å². The number of aliphatic hydroxyl groups is 1. The summed E-state index contributed by atoms with van der Waals surface area (Å²) in [5, 5.41) is 12.6. The molecule has 2 fully saturated rings. The van der Waals surface area contributed by atoms with Crippen molar-refractivity contribution < 1.29 is 9.84 Å². The van der Waals surface area contributed by atoms with Crippen LogP contribution in [-0.4, -0.2) is 32.9 Å². The Morgan fingerprint density at radius 1 is 1.31 bits per heavy atom. The number of nitrogen functional groups attached to an aromatic ring is 1. The summed E-state index contributed by atoms with van der Waals surface area (Å²) in [6.45, 7) is 2.48. The zero-order valence-corrected chi connectivity index (χ0v) is 17.0. The van der Waals surface area contributed by atoms with Gasteiger partial charge in [-0.05, 0) is 37.0 Å². The van der Waals surface area contributed by atoms with Crippen LogP contribution < -0.4 is 5.73 Å². The van der Waals surface area contributed by atoms with Gasteiger partial charge in [0.15, 0.2) is 0 Å². The first-order chi connectivity index (χ1) is 14.0. The maximum Gasteiger partial charge on any atom is 0.220 e. The third kappa shape index (κ3) is 3.39. The van der Waals surface area contributed by atoms with Gasteiger partial charge in [0.1, 0.15) is 0 Å². The summed E-state index contributed by atoms with van der Waals surface area (Å²) in [4.78, 5) is 8.41. The first kappa shape index (κ1) is 18.9. The van der Waals surface area contributed by atoms with Crippen molar-refractivity contribution in [2.24, 2.45) is 5.92 Å². The van der Waals surface area contributed by atoms with Gasteiger partial charge in [0, 0.05) is 41.7 Å². The Morgan fingerprint density at radius 2 is 2.14 bits per heavy atom. The van der Waals surface area contributed by atoms with Crippen LogP contribution in [0.15, 0.2) is 30.6 Å². The monoisotopic (exact) mass is 412 g/mol. The van der Waals surface area contributed by atoms with Crippen molar-refractivity contribution in [3.63, 3.8) is 0 Å².